The second-order valence-corrected chi connectivity index (χ2v) is 9.62. The quantitative estimate of drug-likeness (QED) is 0.231. The lowest BCUT2D eigenvalue weighted by Gasteiger charge is -2.16. The van der Waals surface area contributed by atoms with Gasteiger partial charge in [0.2, 0.25) is 0 Å². The molecule has 3 amide bonds. The summed E-state index contributed by atoms with van der Waals surface area (Å²) < 4.78 is 10.9. The Labute approximate surface area is 242 Å². The number of imide groups is 1. The molecule has 0 saturated heterocycles. The fourth-order valence-electron chi connectivity index (χ4n) is 4.19. The molecular weight excluding hydrogens is 542 g/mol. The number of benzene rings is 4. The van der Waals surface area contributed by atoms with Gasteiger partial charge in [0.05, 0.1) is 12.8 Å². The predicted octanol–water partition coefficient (Wildman–Crippen LogP) is 6.27. The van der Waals surface area contributed by atoms with Crippen LogP contribution in [0.15, 0.2) is 108 Å². The number of nitrogens with one attached hydrogen (secondary N) is 2. The van der Waals surface area contributed by atoms with Crippen molar-refractivity contribution >= 4 is 46.4 Å². The van der Waals surface area contributed by atoms with Crippen LogP contribution in [-0.4, -0.2) is 24.8 Å². The van der Waals surface area contributed by atoms with Crippen LogP contribution in [0, 0.1) is 6.92 Å². The van der Waals surface area contributed by atoms with E-state index in [1.807, 2.05) is 37.3 Å². The summed E-state index contributed by atoms with van der Waals surface area (Å²) in [7, 11) is 1.52. The number of carbonyl (C=O) groups excluding carboxylic acids is 3. The standard InChI is InChI=1S/C32H26ClN3O5/c1-20-8-9-22(30(37)34-23-10-14-26(15-11-23)41-19-21-6-4-3-5-7-21)18-27(20)35-29-28(33)31(38)36(32(29)39)24-12-16-25(40-2)17-13-24/h3-18,35H,19H2,1-2H3,(H,34,37). The van der Waals surface area contributed by atoms with Gasteiger partial charge in [0.1, 0.15) is 28.8 Å². The van der Waals surface area contributed by atoms with Gasteiger partial charge in [-0.25, -0.2) is 4.90 Å². The lowest BCUT2D eigenvalue weighted by atomic mass is 10.1. The SMILES string of the molecule is COc1ccc(N2C(=O)C(Cl)=C(Nc3cc(C(=O)Nc4ccc(OCc5ccccc5)cc4)ccc3C)C2=O)cc1. The molecule has 0 fully saturated rings. The molecular formula is C32H26ClN3O5. The van der Waals surface area contributed by atoms with Crippen LogP contribution in [-0.2, 0) is 16.2 Å². The number of carbonyl (C=O) groups is 3. The van der Waals surface area contributed by atoms with Gasteiger partial charge < -0.3 is 20.1 Å². The van der Waals surface area contributed by atoms with Crippen molar-refractivity contribution in [3.05, 3.63) is 124 Å². The Balaban J connectivity index is 1.26. The van der Waals surface area contributed by atoms with Crippen molar-refractivity contribution in [2.75, 3.05) is 22.6 Å². The molecule has 8 nitrogen and oxygen atoms in total. The first-order chi connectivity index (χ1) is 19.8. The van der Waals surface area contributed by atoms with Crippen molar-refractivity contribution in [1.29, 1.82) is 0 Å². The molecule has 0 aliphatic carbocycles. The number of hydrogen-bond acceptors (Lipinski definition) is 6. The smallest absolute Gasteiger partial charge is 0.283 e. The van der Waals surface area contributed by atoms with Gasteiger partial charge >= 0.3 is 0 Å². The molecule has 0 bridgehead atoms. The minimum Gasteiger partial charge on any atom is -0.497 e. The molecule has 0 aromatic heterocycles. The summed E-state index contributed by atoms with van der Waals surface area (Å²) in [5.74, 6) is -0.331. The Morgan fingerprint density at radius 2 is 1.54 bits per heavy atom. The third kappa shape index (κ3) is 6.08. The van der Waals surface area contributed by atoms with Gasteiger partial charge in [0.15, 0.2) is 0 Å². The number of nitrogens with zero attached hydrogens (tertiary/aromatic N) is 1. The summed E-state index contributed by atoms with van der Waals surface area (Å²) in [6.07, 6.45) is 0. The molecule has 0 saturated carbocycles. The van der Waals surface area contributed by atoms with Gasteiger partial charge in [0, 0.05) is 16.9 Å². The van der Waals surface area contributed by atoms with E-state index in [1.54, 1.807) is 66.7 Å². The largest absolute Gasteiger partial charge is 0.497 e. The van der Waals surface area contributed by atoms with Crippen LogP contribution in [0.4, 0.5) is 17.1 Å². The third-order valence-corrected chi connectivity index (χ3v) is 6.83. The van der Waals surface area contributed by atoms with E-state index >= 15 is 0 Å². The molecule has 0 atom stereocenters. The van der Waals surface area contributed by atoms with Crippen LogP contribution in [0.25, 0.3) is 0 Å². The van der Waals surface area contributed by atoms with Crippen LogP contribution in [0.1, 0.15) is 21.5 Å². The van der Waals surface area contributed by atoms with Gasteiger partial charge in [-0.2, -0.15) is 0 Å². The highest BCUT2D eigenvalue weighted by Crippen LogP contribution is 2.32. The van der Waals surface area contributed by atoms with E-state index in [4.69, 9.17) is 21.1 Å². The van der Waals surface area contributed by atoms with Gasteiger partial charge in [-0.05, 0) is 78.7 Å². The van der Waals surface area contributed by atoms with Crippen LogP contribution in [0.3, 0.4) is 0 Å². The molecule has 1 aliphatic rings. The second kappa shape index (κ2) is 12.0. The number of amides is 3. The first kappa shape index (κ1) is 27.5. The molecule has 2 N–H and O–H groups in total. The van der Waals surface area contributed by atoms with E-state index in [2.05, 4.69) is 10.6 Å². The number of aryl methyl sites for hydroxylation is 1. The van der Waals surface area contributed by atoms with E-state index in [0.717, 1.165) is 16.0 Å². The zero-order valence-corrected chi connectivity index (χ0v) is 23.1. The van der Waals surface area contributed by atoms with Gasteiger partial charge in [-0.3, -0.25) is 14.4 Å². The summed E-state index contributed by atoms with van der Waals surface area (Å²) in [6.45, 7) is 2.26. The lowest BCUT2D eigenvalue weighted by Crippen LogP contribution is -2.32. The Hall–Kier alpha value is -5.08. The molecule has 4 aromatic rings. The third-order valence-electron chi connectivity index (χ3n) is 6.48. The number of ether oxygens (including phenoxy) is 2. The first-order valence-corrected chi connectivity index (χ1v) is 13.1. The van der Waals surface area contributed by atoms with Crippen molar-refractivity contribution in [1.82, 2.24) is 0 Å². The molecule has 1 heterocycles. The Morgan fingerprint density at radius 3 is 2.22 bits per heavy atom. The maximum absolute atomic E-state index is 13.2. The van der Waals surface area contributed by atoms with E-state index < -0.39 is 11.8 Å². The summed E-state index contributed by atoms with van der Waals surface area (Å²) in [5, 5.41) is 5.59. The zero-order valence-electron chi connectivity index (χ0n) is 22.3. The second-order valence-electron chi connectivity index (χ2n) is 9.24. The molecule has 41 heavy (non-hydrogen) atoms. The highest BCUT2D eigenvalue weighted by molar-refractivity contribution is 6.53. The van der Waals surface area contributed by atoms with Gasteiger partial charge in [-0.15, -0.1) is 0 Å². The highest BCUT2D eigenvalue weighted by atomic mass is 35.5. The molecule has 4 aromatic carbocycles. The molecule has 5 rings (SSSR count). The van der Waals surface area contributed by atoms with Crippen molar-refractivity contribution in [3.8, 4) is 11.5 Å². The summed E-state index contributed by atoms with van der Waals surface area (Å²) in [6, 6.07) is 28.4. The minimum absolute atomic E-state index is 0.0702. The maximum atomic E-state index is 13.2. The van der Waals surface area contributed by atoms with E-state index in [-0.39, 0.29) is 16.6 Å². The Bertz CT molecular complexity index is 1630. The monoisotopic (exact) mass is 567 g/mol. The topological polar surface area (TPSA) is 97.0 Å². The fraction of sp³-hybridized carbons (Fsp3) is 0.0938. The molecule has 1 aliphatic heterocycles. The lowest BCUT2D eigenvalue weighted by molar-refractivity contribution is -0.120. The number of anilines is 3. The van der Waals surface area contributed by atoms with Crippen LogP contribution in [0.5, 0.6) is 11.5 Å². The van der Waals surface area contributed by atoms with Crippen LogP contribution < -0.4 is 25.0 Å². The Morgan fingerprint density at radius 1 is 0.854 bits per heavy atom. The molecule has 0 spiro atoms. The zero-order chi connectivity index (χ0) is 28.9. The number of rotatable bonds is 9. The highest BCUT2D eigenvalue weighted by Gasteiger charge is 2.39. The molecule has 9 heteroatoms. The molecule has 206 valence electrons. The Kier molecular flexibility index (Phi) is 8.03. The maximum Gasteiger partial charge on any atom is 0.283 e. The summed E-state index contributed by atoms with van der Waals surface area (Å²) in [5.41, 5.74) is 3.51. The normalized spacial score (nSPS) is 12.9. The van der Waals surface area contributed by atoms with Crippen LogP contribution >= 0.6 is 11.6 Å². The van der Waals surface area contributed by atoms with E-state index in [9.17, 15) is 14.4 Å². The van der Waals surface area contributed by atoms with E-state index in [1.165, 1.54) is 7.11 Å². The molecule has 0 unspecified atom stereocenters. The number of hydrogen-bond donors (Lipinski definition) is 2. The predicted molar refractivity (Wildman–Crippen MR) is 158 cm³/mol. The average Bonchev–Trinajstić information content (AvgIpc) is 3.21. The van der Waals surface area contributed by atoms with Crippen molar-refractivity contribution in [2.45, 2.75) is 13.5 Å². The average molecular weight is 568 g/mol. The fourth-order valence-corrected chi connectivity index (χ4v) is 4.40. The van der Waals surface area contributed by atoms with Gasteiger partial charge in [0.25, 0.3) is 17.7 Å². The van der Waals surface area contributed by atoms with Crippen LogP contribution in [0.2, 0.25) is 0 Å². The first-order valence-electron chi connectivity index (χ1n) is 12.7. The van der Waals surface area contributed by atoms with Crippen molar-refractivity contribution in [2.24, 2.45) is 0 Å². The summed E-state index contributed by atoms with van der Waals surface area (Å²) >= 11 is 6.30. The number of methoxy groups -OCH3 is 1. The number of halogens is 1. The minimum atomic E-state index is -0.646. The van der Waals surface area contributed by atoms with Gasteiger partial charge in [-0.1, -0.05) is 48.0 Å². The summed E-state index contributed by atoms with van der Waals surface area (Å²) in [4.78, 5) is 40.1. The van der Waals surface area contributed by atoms with Crippen molar-refractivity contribution < 1.29 is 23.9 Å². The van der Waals surface area contributed by atoms with Crippen molar-refractivity contribution in [3.63, 3.8) is 0 Å². The molecule has 0 radical (unpaired) electrons. The van der Waals surface area contributed by atoms with E-state index in [0.29, 0.717) is 40.7 Å².